The normalized spacial score (nSPS) is 16.5. The molecule has 0 bridgehead atoms. The van der Waals surface area contributed by atoms with Crippen molar-refractivity contribution in [2.75, 3.05) is 13.1 Å². The summed E-state index contributed by atoms with van der Waals surface area (Å²) in [6, 6.07) is 17.3. The number of rotatable bonds is 8. The number of sulfonamides is 1. The monoisotopic (exact) mass is 570 g/mol. The Morgan fingerprint density at radius 3 is 2.18 bits per heavy atom. The van der Waals surface area contributed by atoms with Crippen molar-refractivity contribution in [1.82, 2.24) is 8.28 Å². The van der Waals surface area contributed by atoms with Gasteiger partial charge in [-0.1, -0.05) is 36.4 Å². The number of hydrogen-bond donors (Lipinski definition) is 0. The van der Waals surface area contributed by atoms with E-state index in [-0.39, 0.29) is 46.0 Å². The third-order valence-electron chi connectivity index (χ3n) is 6.77. The van der Waals surface area contributed by atoms with E-state index in [0.717, 1.165) is 28.2 Å². The van der Waals surface area contributed by atoms with Gasteiger partial charge in [0.1, 0.15) is 0 Å². The Morgan fingerprint density at radius 2 is 1.54 bits per heavy atom. The highest BCUT2D eigenvalue weighted by Gasteiger charge is 2.37. The van der Waals surface area contributed by atoms with Crippen LogP contribution in [-0.2, 0) is 25.8 Å². The molecule has 1 atom stereocenters. The van der Waals surface area contributed by atoms with Crippen LogP contribution in [-0.4, -0.2) is 48.0 Å². The van der Waals surface area contributed by atoms with E-state index >= 15 is 0 Å². The van der Waals surface area contributed by atoms with Crippen molar-refractivity contribution in [2.24, 2.45) is 0 Å². The zero-order valence-electron chi connectivity index (χ0n) is 20.3. The first-order chi connectivity index (χ1) is 18.5. The zero-order valence-corrected chi connectivity index (χ0v) is 21.9. The molecule has 39 heavy (non-hydrogen) atoms. The number of nitro benzene ring substituents is 2. The van der Waals surface area contributed by atoms with Crippen LogP contribution in [0.15, 0.2) is 83.9 Å². The molecular weight excluding hydrogens is 548 g/mol. The van der Waals surface area contributed by atoms with Gasteiger partial charge in [-0.15, -0.1) is 0 Å². The van der Waals surface area contributed by atoms with Gasteiger partial charge in [0, 0.05) is 43.4 Å². The highest BCUT2D eigenvalue weighted by molar-refractivity contribution is 7.89. The largest absolute Gasteiger partial charge is 0.279 e. The van der Waals surface area contributed by atoms with E-state index in [4.69, 9.17) is 0 Å². The van der Waals surface area contributed by atoms with Gasteiger partial charge in [0.05, 0.1) is 31.4 Å². The summed E-state index contributed by atoms with van der Waals surface area (Å²) < 4.78 is 55.6. The van der Waals surface area contributed by atoms with Crippen molar-refractivity contribution < 1.29 is 26.7 Å². The van der Waals surface area contributed by atoms with E-state index in [1.165, 1.54) is 28.7 Å². The van der Waals surface area contributed by atoms with Gasteiger partial charge >= 0.3 is 0 Å². The molecule has 1 aliphatic rings. The van der Waals surface area contributed by atoms with E-state index in [0.29, 0.717) is 17.5 Å². The standard InChI is InChI=1S/C25H22N4O8S2/c30-28(31)20-9-11-21(12-10-20)39(36,37)26-14-13-19(15-26)22-16-27(23-7-4-8-24(25(22)23)29(32)33)38(34,35)17-18-5-2-1-3-6-18/h1-12,16,19H,13-15,17H2. The second-order valence-corrected chi connectivity index (χ2v) is 12.9. The Labute approximate surface area is 223 Å². The number of hydrogen-bond acceptors (Lipinski definition) is 8. The first-order valence-corrected chi connectivity index (χ1v) is 14.8. The van der Waals surface area contributed by atoms with Crippen molar-refractivity contribution in [1.29, 1.82) is 0 Å². The molecule has 202 valence electrons. The van der Waals surface area contributed by atoms with Gasteiger partial charge in [-0.05, 0) is 35.7 Å². The highest BCUT2D eigenvalue weighted by Crippen LogP contribution is 2.40. The lowest BCUT2D eigenvalue weighted by Gasteiger charge is -2.16. The minimum absolute atomic E-state index is 0.0385. The third-order valence-corrected chi connectivity index (χ3v) is 10.2. The van der Waals surface area contributed by atoms with Gasteiger partial charge in [-0.25, -0.2) is 20.8 Å². The molecule has 1 saturated heterocycles. The molecule has 0 N–H and O–H groups in total. The van der Waals surface area contributed by atoms with E-state index in [9.17, 15) is 37.1 Å². The molecule has 2 heterocycles. The molecule has 1 aromatic heterocycles. The molecule has 0 aliphatic carbocycles. The van der Waals surface area contributed by atoms with Crippen molar-refractivity contribution >= 4 is 42.3 Å². The molecule has 0 spiro atoms. The molecule has 1 aliphatic heterocycles. The molecule has 0 radical (unpaired) electrons. The van der Waals surface area contributed by atoms with Gasteiger partial charge in [0.25, 0.3) is 11.4 Å². The number of nitro groups is 2. The van der Waals surface area contributed by atoms with Crippen LogP contribution in [0, 0.1) is 20.2 Å². The molecule has 1 fully saturated rings. The zero-order chi connectivity index (χ0) is 27.9. The van der Waals surface area contributed by atoms with Crippen molar-refractivity contribution in [3.05, 3.63) is 110 Å². The Kier molecular flexibility index (Phi) is 6.70. The maximum Gasteiger partial charge on any atom is 0.279 e. The van der Waals surface area contributed by atoms with Gasteiger partial charge in [-0.2, -0.15) is 4.31 Å². The van der Waals surface area contributed by atoms with E-state index < -0.39 is 35.8 Å². The fourth-order valence-corrected chi connectivity index (χ4v) is 7.88. The molecule has 14 heteroatoms. The first-order valence-electron chi connectivity index (χ1n) is 11.8. The summed E-state index contributed by atoms with van der Waals surface area (Å²) in [7, 11) is -7.99. The topological polar surface area (TPSA) is 163 Å². The Hall–Kier alpha value is -4.14. The lowest BCUT2D eigenvalue weighted by atomic mass is 9.97. The lowest BCUT2D eigenvalue weighted by Crippen LogP contribution is -2.28. The maximum absolute atomic E-state index is 13.4. The number of aromatic nitrogens is 1. The predicted molar refractivity (Wildman–Crippen MR) is 142 cm³/mol. The molecule has 0 saturated carbocycles. The smallest absolute Gasteiger partial charge is 0.258 e. The Morgan fingerprint density at radius 1 is 0.846 bits per heavy atom. The van der Waals surface area contributed by atoms with Crippen molar-refractivity contribution in [3.63, 3.8) is 0 Å². The summed E-state index contributed by atoms with van der Waals surface area (Å²) in [5, 5.41) is 23.0. The summed E-state index contributed by atoms with van der Waals surface area (Å²) >= 11 is 0. The van der Waals surface area contributed by atoms with Crippen LogP contribution >= 0.6 is 0 Å². The Bertz CT molecular complexity index is 1800. The lowest BCUT2D eigenvalue weighted by molar-refractivity contribution is -0.384. The molecule has 0 amide bonds. The van der Waals surface area contributed by atoms with E-state index in [2.05, 4.69) is 0 Å². The Balaban J connectivity index is 1.54. The summed E-state index contributed by atoms with van der Waals surface area (Å²) in [5.41, 5.74) is 0.549. The van der Waals surface area contributed by atoms with Crippen molar-refractivity contribution in [3.8, 4) is 0 Å². The van der Waals surface area contributed by atoms with Crippen LogP contribution in [0.5, 0.6) is 0 Å². The minimum Gasteiger partial charge on any atom is -0.258 e. The average molecular weight is 571 g/mol. The molecule has 1 unspecified atom stereocenters. The molecule has 12 nitrogen and oxygen atoms in total. The van der Waals surface area contributed by atoms with Gasteiger partial charge in [-0.3, -0.25) is 20.2 Å². The number of benzene rings is 3. The van der Waals surface area contributed by atoms with Crippen LogP contribution in [0.1, 0.15) is 23.5 Å². The quantitative estimate of drug-likeness (QED) is 0.227. The third kappa shape index (κ3) is 4.89. The highest BCUT2D eigenvalue weighted by atomic mass is 32.2. The van der Waals surface area contributed by atoms with E-state index in [1.807, 2.05) is 0 Å². The summed E-state index contributed by atoms with van der Waals surface area (Å²) in [6.07, 6.45) is 1.67. The second-order valence-electron chi connectivity index (χ2n) is 9.15. The maximum atomic E-state index is 13.4. The van der Waals surface area contributed by atoms with Gasteiger partial charge < -0.3 is 0 Å². The molecule has 3 aromatic carbocycles. The first kappa shape index (κ1) is 26.5. The van der Waals surface area contributed by atoms with Gasteiger partial charge in [0.2, 0.25) is 20.0 Å². The second kappa shape index (κ2) is 9.87. The fourth-order valence-electron chi connectivity index (χ4n) is 4.90. The predicted octanol–water partition coefficient (Wildman–Crippen LogP) is 4.01. The number of non-ortho nitro benzene ring substituents is 2. The number of nitrogens with zero attached hydrogens (tertiary/aromatic N) is 4. The summed E-state index contributed by atoms with van der Waals surface area (Å²) in [5.74, 6) is -0.847. The van der Waals surface area contributed by atoms with Crippen LogP contribution in [0.25, 0.3) is 10.9 Å². The fraction of sp³-hybridized carbons (Fsp3) is 0.200. The van der Waals surface area contributed by atoms with Crippen LogP contribution in [0.3, 0.4) is 0 Å². The minimum atomic E-state index is -4.01. The summed E-state index contributed by atoms with van der Waals surface area (Å²) in [4.78, 5) is 21.5. The van der Waals surface area contributed by atoms with E-state index in [1.54, 1.807) is 30.3 Å². The van der Waals surface area contributed by atoms with Crippen LogP contribution < -0.4 is 0 Å². The molecule has 5 rings (SSSR count). The number of fused-ring (bicyclic) bond motifs is 1. The summed E-state index contributed by atoms with van der Waals surface area (Å²) in [6.45, 7) is 0.0529. The average Bonchev–Trinajstić information content (AvgIpc) is 3.55. The van der Waals surface area contributed by atoms with Crippen LogP contribution in [0.2, 0.25) is 0 Å². The SMILES string of the molecule is O=[N+]([O-])c1ccc(S(=O)(=O)N2CCC(c3cn(S(=O)(=O)Cc4ccccc4)c4cccc([N+](=O)[O-])c34)C2)cc1. The van der Waals surface area contributed by atoms with Gasteiger partial charge in [0.15, 0.2) is 0 Å². The molecular formula is C25H22N4O8S2. The van der Waals surface area contributed by atoms with Crippen molar-refractivity contribution in [2.45, 2.75) is 23.0 Å². The van der Waals surface area contributed by atoms with Crippen LogP contribution in [0.4, 0.5) is 11.4 Å². The molecule has 4 aromatic rings.